The maximum Gasteiger partial charge on any atom is 0.229 e. The Kier molecular flexibility index (Phi) is 7.06. The van der Waals surface area contributed by atoms with Gasteiger partial charge in [0.2, 0.25) is 5.95 Å². The predicted octanol–water partition coefficient (Wildman–Crippen LogP) is 6.62. The third-order valence-corrected chi connectivity index (χ3v) is 7.88. The number of ether oxygens (including phenoxy) is 1. The van der Waals surface area contributed by atoms with Crippen LogP contribution in [0.2, 0.25) is 5.02 Å². The van der Waals surface area contributed by atoms with E-state index < -0.39 is 0 Å². The Morgan fingerprint density at radius 3 is 2.50 bits per heavy atom. The molecule has 0 unspecified atom stereocenters. The molecule has 1 aliphatic heterocycles. The van der Waals surface area contributed by atoms with Crippen LogP contribution >= 0.6 is 11.6 Å². The van der Waals surface area contributed by atoms with Crippen molar-refractivity contribution in [2.75, 3.05) is 41.9 Å². The highest BCUT2D eigenvalue weighted by atomic mass is 35.5. The highest BCUT2D eigenvalue weighted by molar-refractivity contribution is 6.31. The summed E-state index contributed by atoms with van der Waals surface area (Å²) in [5, 5.41) is 4.32. The van der Waals surface area contributed by atoms with Gasteiger partial charge in [-0.05, 0) is 61.6 Å². The van der Waals surface area contributed by atoms with Gasteiger partial charge in [0.1, 0.15) is 5.52 Å². The maximum absolute atomic E-state index is 14.5. The summed E-state index contributed by atoms with van der Waals surface area (Å²) in [5.74, 6) is 1.15. The highest BCUT2D eigenvalue weighted by Crippen LogP contribution is 2.37. The Labute approximate surface area is 240 Å². The fraction of sp³-hybridized carbons (Fsp3) is 0.433. The number of aryl methyl sites for hydroxylation is 2. The summed E-state index contributed by atoms with van der Waals surface area (Å²) in [6.07, 6.45) is 1.75. The fourth-order valence-electron chi connectivity index (χ4n) is 5.41. The molecule has 0 atom stereocenters. The van der Waals surface area contributed by atoms with Gasteiger partial charge in [0.25, 0.3) is 0 Å². The molecule has 0 aliphatic carbocycles. The van der Waals surface area contributed by atoms with Gasteiger partial charge in [-0.2, -0.15) is 9.97 Å². The van der Waals surface area contributed by atoms with E-state index in [1.807, 2.05) is 30.7 Å². The minimum Gasteiger partial charge on any atom is -0.494 e. The Hall–Kier alpha value is -3.59. The molecule has 2 aromatic carbocycles. The quantitative estimate of drug-likeness (QED) is 0.291. The van der Waals surface area contributed by atoms with E-state index in [9.17, 15) is 4.39 Å². The second kappa shape index (κ2) is 10.1. The number of fused-ring (bicyclic) bond motifs is 1. The summed E-state index contributed by atoms with van der Waals surface area (Å²) in [4.78, 5) is 18.8. The number of hydrogen-bond acceptors (Lipinski definition) is 7. The van der Waals surface area contributed by atoms with E-state index >= 15 is 0 Å². The van der Waals surface area contributed by atoms with Crippen molar-refractivity contribution in [2.24, 2.45) is 7.05 Å². The molecule has 5 rings (SSSR count). The van der Waals surface area contributed by atoms with Crippen molar-refractivity contribution in [3.8, 4) is 5.75 Å². The molecule has 1 aliphatic rings. The van der Waals surface area contributed by atoms with Crippen LogP contribution < -0.4 is 19.9 Å². The van der Waals surface area contributed by atoms with Gasteiger partial charge in [-0.1, -0.05) is 32.4 Å². The molecule has 1 saturated heterocycles. The summed E-state index contributed by atoms with van der Waals surface area (Å²) in [7, 11) is 3.41. The van der Waals surface area contributed by atoms with Crippen LogP contribution in [0.5, 0.6) is 5.75 Å². The zero-order valence-corrected chi connectivity index (χ0v) is 25.2. The van der Waals surface area contributed by atoms with Crippen molar-refractivity contribution in [1.82, 2.24) is 19.5 Å². The van der Waals surface area contributed by atoms with E-state index in [2.05, 4.69) is 60.8 Å². The smallest absolute Gasteiger partial charge is 0.229 e. The normalized spacial score (nSPS) is 15.6. The van der Waals surface area contributed by atoms with Crippen molar-refractivity contribution in [1.29, 1.82) is 0 Å². The minimum absolute atomic E-state index is 0.113. The van der Waals surface area contributed by atoms with Crippen molar-refractivity contribution in [2.45, 2.75) is 52.5 Å². The molecule has 10 heteroatoms. The van der Waals surface area contributed by atoms with Crippen molar-refractivity contribution in [3.05, 3.63) is 58.6 Å². The van der Waals surface area contributed by atoms with Crippen LogP contribution in [-0.2, 0) is 12.5 Å². The molecule has 0 amide bonds. The molecule has 1 fully saturated rings. The van der Waals surface area contributed by atoms with E-state index in [0.29, 0.717) is 37.0 Å². The van der Waals surface area contributed by atoms with Gasteiger partial charge in [0.05, 0.1) is 19.0 Å². The van der Waals surface area contributed by atoms with E-state index in [4.69, 9.17) is 26.3 Å². The number of imidazole rings is 1. The third-order valence-electron chi connectivity index (χ3n) is 7.57. The molecule has 3 heterocycles. The molecule has 4 aromatic rings. The first-order valence-electron chi connectivity index (χ1n) is 13.4. The van der Waals surface area contributed by atoms with Gasteiger partial charge < -0.3 is 24.4 Å². The molecule has 0 bridgehead atoms. The molecule has 0 spiro atoms. The predicted molar refractivity (Wildman–Crippen MR) is 161 cm³/mol. The Balaban J connectivity index is 1.49. The van der Waals surface area contributed by atoms with Crippen LogP contribution in [0, 0.1) is 12.7 Å². The van der Waals surface area contributed by atoms with Gasteiger partial charge >= 0.3 is 0 Å². The molecule has 1 N–H and O–H groups in total. The summed E-state index contributed by atoms with van der Waals surface area (Å²) >= 11 is 6.62. The zero-order chi connectivity index (χ0) is 29.0. The van der Waals surface area contributed by atoms with Gasteiger partial charge in [-0.15, -0.1) is 0 Å². The lowest BCUT2D eigenvalue weighted by molar-refractivity contribution is 0.384. The molecule has 212 valence electrons. The Morgan fingerprint density at radius 2 is 1.85 bits per heavy atom. The molecule has 0 radical (unpaired) electrons. The number of halogens is 2. The van der Waals surface area contributed by atoms with E-state index in [1.165, 1.54) is 13.2 Å². The summed E-state index contributed by atoms with van der Waals surface area (Å²) in [6, 6.07) is 9.22. The third kappa shape index (κ3) is 5.14. The molecule has 0 saturated carbocycles. The van der Waals surface area contributed by atoms with Gasteiger partial charge in [0.15, 0.2) is 23.0 Å². The van der Waals surface area contributed by atoms with E-state index in [1.54, 1.807) is 12.4 Å². The molecule has 40 heavy (non-hydrogen) atoms. The van der Waals surface area contributed by atoms with Gasteiger partial charge in [0, 0.05) is 49.1 Å². The average molecular weight is 566 g/mol. The lowest BCUT2D eigenvalue weighted by Crippen LogP contribution is -2.60. The van der Waals surface area contributed by atoms with Crippen LogP contribution in [0.1, 0.15) is 45.7 Å². The number of aromatic nitrogens is 4. The van der Waals surface area contributed by atoms with Crippen molar-refractivity contribution >= 4 is 45.9 Å². The van der Waals surface area contributed by atoms with Crippen LogP contribution in [0.25, 0.3) is 11.2 Å². The summed E-state index contributed by atoms with van der Waals surface area (Å²) in [6.45, 7) is 14.8. The minimum atomic E-state index is -0.370. The number of benzene rings is 2. The topological polar surface area (TPSA) is 71.3 Å². The number of nitrogens with one attached hydrogen (secondary N) is 1. The second-order valence-electron chi connectivity index (χ2n) is 12.1. The lowest BCUT2D eigenvalue weighted by atomic mass is 9.86. The van der Waals surface area contributed by atoms with Crippen LogP contribution in [-0.4, -0.2) is 51.8 Å². The van der Waals surface area contributed by atoms with Crippen LogP contribution in [0.3, 0.4) is 0 Å². The van der Waals surface area contributed by atoms with E-state index in [-0.39, 0.29) is 22.5 Å². The largest absolute Gasteiger partial charge is 0.494 e. The van der Waals surface area contributed by atoms with Crippen molar-refractivity contribution in [3.63, 3.8) is 0 Å². The SMILES string of the molecule is COc1ccc(N2CCN(c3nc(Nc4cc(C(C)(C)C)c(Cl)cc4C)c4c(ncn4C)n3)CC2(C)C)cc1F. The van der Waals surface area contributed by atoms with Gasteiger partial charge in [-0.25, -0.2) is 9.37 Å². The Bertz CT molecular complexity index is 1580. The lowest BCUT2D eigenvalue weighted by Gasteiger charge is -2.48. The summed E-state index contributed by atoms with van der Waals surface area (Å²) in [5.41, 5.74) is 4.85. The molecule has 8 nitrogen and oxygen atoms in total. The first-order chi connectivity index (χ1) is 18.8. The summed E-state index contributed by atoms with van der Waals surface area (Å²) < 4.78 is 21.5. The van der Waals surface area contributed by atoms with Gasteiger partial charge in [-0.3, -0.25) is 0 Å². The fourth-order valence-corrected chi connectivity index (χ4v) is 5.91. The zero-order valence-electron chi connectivity index (χ0n) is 24.4. The molecular formula is C30H37ClFN7O. The number of methoxy groups -OCH3 is 1. The monoisotopic (exact) mass is 565 g/mol. The number of rotatable bonds is 5. The standard InChI is InChI=1S/C30H37ClFN7O/c1-18-13-21(31)20(29(2,3)4)15-23(18)34-27-25-26(33-17-37(25)7)35-28(36-27)38-11-12-39(30(5,6)16-38)19-9-10-24(40-8)22(32)14-19/h9-10,13-15,17H,11-12,16H2,1-8H3,(H,34,35,36). The average Bonchev–Trinajstić information content (AvgIpc) is 3.25. The second-order valence-corrected chi connectivity index (χ2v) is 12.5. The van der Waals surface area contributed by atoms with Crippen LogP contribution in [0.4, 0.5) is 27.5 Å². The maximum atomic E-state index is 14.5. The van der Waals surface area contributed by atoms with E-state index in [0.717, 1.165) is 33.0 Å². The van der Waals surface area contributed by atoms with Crippen LogP contribution in [0.15, 0.2) is 36.7 Å². The number of anilines is 4. The first kappa shape index (κ1) is 28.0. The molecule has 2 aromatic heterocycles. The number of nitrogens with zero attached hydrogens (tertiary/aromatic N) is 6. The molecular weight excluding hydrogens is 529 g/mol. The Morgan fingerprint density at radius 1 is 1.10 bits per heavy atom. The number of piperazine rings is 1. The van der Waals surface area contributed by atoms with Crippen molar-refractivity contribution < 1.29 is 9.13 Å². The highest BCUT2D eigenvalue weighted by Gasteiger charge is 2.36. The first-order valence-corrected chi connectivity index (χ1v) is 13.8. The number of hydrogen-bond donors (Lipinski definition) is 1.